The topological polar surface area (TPSA) is 96.0 Å². The fourth-order valence-electron chi connectivity index (χ4n) is 4.17. The summed E-state index contributed by atoms with van der Waals surface area (Å²) in [5.74, 6) is -0.363. The second kappa shape index (κ2) is 14.4. The van der Waals surface area contributed by atoms with Gasteiger partial charge in [0, 0.05) is 29.6 Å². The number of sulfonamides is 1. The Balaban J connectivity index is 2.04. The van der Waals surface area contributed by atoms with Gasteiger partial charge in [0.05, 0.1) is 18.6 Å². The maximum atomic E-state index is 14.0. The molecule has 1 unspecified atom stereocenters. The second-order valence-corrected chi connectivity index (χ2v) is 11.8. The molecule has 3 aromatic carbocycles. The zero-order valence-corrected chi connectivity index (χ0v) is 25.0. The van der Waals surface area contributed by atoms with Gasteiger partial charge < -0.3 is 15.0 Å². The first-order valence-electron chi connectivity index (χ1n) is 12.8. The van der Waals surface area contributed by atoms with Gasteiger partial charge in [-0.05, 0) is 61.4 Å². The molecule has 1 N–H and O–H groups in total. The third kappa shape index (κ3) is 8.61. The minimum atomic E-state index is -3.87. The van der Waals surface area contributed by atoms with E-state index in [0.717, 1.165) is 16.1 Å². The van der Waals surface area contributed by atoms with E-state index in [1.165, 1.54) is 4.90 Å². The largest absolute Gasteiger partial charge is 0.494 e. The summed E-state index contributed by atoms with van der Waals surface area (Å²) in [6.07, 6.45) is 1.24. The summed E-state index contributed by atoms with van der Waals surface area (Å²) in [7, 11) is -3.87. The summed E-state index contributed by atoms with van der Waals surface area (Å²) in [6.45, 7) is 3.88. The lowest BCUT2D eigenvalue weighted by molar-refractivity contribution is -0.140. The van der Waals surface area contributed by atoms with Crippen LogP contribution in [-0.4, -0.2) is 57.1 Å². The molecular formula is C29H33Cl2N3O5S. The van der Waals surface area contributed by atoms with Gasteiger partial charge >= 0.3 is 0 Å². The highest BCUT2D eigenvalue weighted by Gasteiger charge is 2.33. The zero-order chi connectivity index (χ0) is 29.3. The fourth-order valence-corrected chi connectivity index (χ4v) is 5.49. The van der Waals surface area contributed by atoms with Crippen molar-refractivity contribution < 1.29 is 22.7 Å². The van der Waals surface area contributed by atoms with Crippen molar-refractivity contribution in [3.63, 3.8) is 0 Å². The van der Waals surface area contributed by atoms with E-state index in [0.29, 0.717) is 40.2 Å². The van der Waals surface area contributed by atoms with Crippen LogP contribution in [0, 0.1) is 0 Å². The van der Waals surface area contributed by atoms with Gasteiger partial charge in [0.1, 0.15) is 18.3 Å². The zero-order valence-electron chi connectivity index (χ0n) is 22.6. The molecule has 0 saturated carbocycles. The van der Waals surface area contributed by atoms with Crippen LogP contribution in [0.3, 0.4) is 0 Å². The molecule has 40 heavy (non-hydrogen) atoms. The number of halogens is 2. The molecule has 0 heterocycles. The van der Waals surface area contributed by atoms with Crippen molar-refractivity contribution in [2.75, 3.05) is 30.3 Å². The molecule has 0 fully saturated rings. The Labute approximate surface area is 245 Å². The number of nitrogens with one attached hydrogen (secondary N) is 1. The molecule has 3 aromatic rings. The fraction of sp³-hybridized carbons (Fsp3) is 0.310. The molecule has 0 bridgehead atoms. The van der Waals surface area contributed by atoms with Crippen molar-refractivity contribution in [3.05, 3.63) is 94.0 Å². The molecule has 3 rings (SSSR count). The second-order valence-electron chi connectivity index (χ2n) is 9.05. The van der Waals surface area contributed by atoms with Gasteiger partial charge in [-0.1, -0.05) is 59.6 Å². The Kier molecular flexibility index (Phi) is 11.2. The Morgan fingerprint density at radius 1 is 0.975 bits per heavy atom. The third-order valence-electron chi connectivity index (χ3n) is 6.09. The molecule has 0 spiro atoms. The Morgan fingerprint density at radius 3 is 2.23 bits per heavy atom. The van der Waals surface area contributed by atoms with Gasteiger partial charge in [0.25, 0.3) is 0 Å². The minimum absolute atomic E-state index is 0.0374. The SMILES string of the molecule is CCNC(=O)C(Cc1ccccc1)N(Cc1ccc(Cl)cc1Cl)C(=O)CN(c1ccc(OCC)cc1)S(C)(=O)=O. The number of rotatable bonds is 13. The average molecular weight is 607 g/mol. The molecule has 11 heteroatoms. The number of nitrogens with zero attached hydrogens (tertiary/aromatic N) is 2. The lowest BCUT2D eigenvalue weighted by Gasteiger charge is -2.33. The van der Waals surface area contributed by atoms with E-state index in [1.807, 2.05) is 37.3 Å². The smallest absolute Gasteiger partial charge is 0.244 e. The van der Waals surface area contributed by atoms with Crippen molar-refractivity contribution in [3.8, 4) is 5.75 Å². The highest BCUT2D eigenvalue weighted by molar-refractivity contribution is 7.92. The summed E-state index contributed by atoms with van der Waals surface area (Å²) in [5, 5.41) is 3.56. The van der Waals surface area contributed by atoms with Gasteiger partial charge in [0.15, 0.2) is 0 Å². The van der Waals surface area contributed by atoms with E-state index in [1.54, 1.807) is 49.4 Å². The molecule has 0 aliphatic rings. The standard InChI is InChI=1S/C29H33Cl2N3O5S/c1-4-32-29(36)27(17-21-9-7-6-8-10-21)33(19-22-11-12-23(30)18-26(22)31)28(35)20-34(40(3,37)38)24-13-15-25(16-14-24)39-5-2/h6-16,18,27H,4-5,17,19-20H2,1-3H3,(H,32,36). The maximum absolute atomic E-state index is 14.0. The number of amides is 2. The van der Waals surface area contributed by atoms with E-state index in [-0.39, 0.29) is 18.9 Å². The van der Waals surface area contributed by atoms with Crippen molar-refractivity contribution in [2.45, 2.75) is 32.9 Å². The summed E-state index contributed by atoms with van der Waals surface area (Å²) < 4.78 is 32.2. The number of hydrogen-bond donors (Lipinski definition) is 1. The predicted octanol–water partition coefficient (Wildman–Crippen LogP) is 4.93. The van der Waals surface area contributed by atoms with Crippen LogP contribution < -0.4 is 14.4 Å². The van der Waals surface area contributed by atoms with Gasteiger partial charge in [-0.2, -0.15) is 0 Å². The van der Waals surface area contributed by atoms with E-state index in [2.05, 4.69) is 5.32 Å². The lowest BCUT2D eigenvalue weighted by Crippen LogP contribution is -2.53. The van der Waals surface area contributed by atoms with E-state index in [4.69, 9.17) is 27.9 Å². The van der Waals surface area contributed by atoms with Gasteiger partial charge in [-0.25, -0.2) is 8.42 Å². The van der Waals surface area contributed by atoms with Crippen molar-refractivity contribution in [1.29, 1.82) is 0 Å². The lowest BCUT2D eigenvalue weighted by atomic mass is 10.0. The molecule has 1 atom stereocenters. The number of carbonyl (C=O) groups excluding carboxylic acids is 2. The highest BCUT2D eigenvalue weighted by atomic mass is 35.5. The summed E-state index contributed by atoms with van der Waals surface area (Å²) in [6, 6.07) is 19.7. The van der Waals surface area contributed by atoms with Crippen LogP contribution >= 0.6 is 23.2 Å². The van der Waals surface area contributed by atoms with Crippen molar-refractivity contribution in [1.82, 2.24) is 10.2 Å². The Bertz CT molecular complexity index is 1400. The van der Waals surface area contributed by atoms with E-state index >= 15 is 0 Å². The molecular weight excluding hydrogens is 573 g/mol. The molecule has 0 saturated heterocycles. The van der Waals surface area contributed by atoms with Crippen molar-refractivity contribution in [2.24, 2.45) is 0 Å². The maximum Gasteiger partial charge on any atom is 0.244 e. The highest BCUT2D eigenvalue weighted by Crippen LogP contribution is 2.26. The summed E-state index contributed by atoms with van der Waals surface area (Å²) >= 11 is 12.5. The molecule has 0 aliphatic heterocycles. The van der Waals surface area contributed by atoms with Crippen molar-refractivity contribution >= 4 is 50.7 Å². The number of hydrogen-bond acceptors (Lipinski definition) is 5. The minimum Gasteiger partial charge on any atom is -0.494 e. The third-order valence-corrected chi connectivity index (χ3v) is 7.82. The number of anilines is 1. The molecule has 2 amide bonds. The van der Waals surface area contributed by atoms with Crippen LogP contribution in [0.2, 0.25) is 10.0 Å². The Morgan fingerprint density at radius 2 is 1.65 bits per heavy atom. The molecule has 214 valence electrons. The number of likely N-dealkylation sites (N-methyl/N-ethyl adjacent to an activating group) is 1. The average Bonchev–Trinajstić information content (AvgIpc) is 2.91. The number of benzene rings is 3. The molecule has 0 aromatic heterocycles. The normalized spacial score (nSPS) is 11.9. The predicted molar refractivity (Wildman–Crippen MR) is 159 cm³/mol. The molecule has 0 radical (unpaired) electrons. The van der Waals surface area contributed by atoms with Gasteiger partial charge in [-0.15, -0.1) is 0 Å². The number of carbonyl (C=O) groups is 2. The van der Waals surface area contributed by atoms with E-state index < -0.39 is 28.5 Å². The van der Waals surface area contributed by atoms with Gasteiger partial charge in [0.2, 0.25) is 21.8 Å². The first-order valence-corrected chi connectivity index (χ1v) is 15.4. The molecule has 0 aliphatic carbocycles. The summed E-state index contributed by atoms with van der Waals surface area (Å²) in [5.41, 5.74) is 1.69. The number of ether oxygens (including phenoxy) is 1. The quantitative estimate of drug-likeness (QED) is 0.298. The molecule has 8 nitrogen and oxygen atoms in total. The van der Waals surface area contributed by atoms with E-state index in [9.17, 15) is 18.0 Å². The first-order chi connectivity index (χ1) is 19.0. The van der Waals surface area contributed by atoms with Crippen LogP contribution in [0.1, 0.15) is 25.0 Å². The van der Waals surface area contributed by atoms with Crippen LogP contribution in [0.4, 0.5) is 5.69 Å². The monoisotopic (exact) mass is 605 g/mol. The van der Waals surface area contributed by atoms with Crippen LogP contribution in [0.15, 0.2) is 72.8 Å². The van der Waals surface area contributed by atoms with Crippen LogP contribution in [0.25, 0.3) is 0 Å². The summed E-state index contributed by atoms with van der Waals surface area (Å²) in [4.78, 5) is 28.8. The van der Waals surface area contributed by atoms with Crippen LogP contribution in [-0.2, 0) is 32.6 Å². The first kappa shape index (κ1) is 31.3. The Hall–Kier alpha value is -3.27. The van der Waals surface area contributed by atoms with Crippen LogP contribution in [0.5, 0.6) is 5.75 Å². The van der Waals surface area contributed by atoms with Gasteiger partial charge in [-0.3, -0.25) is 13.9 Å².